The number of ether oxygens (including phenoxy) is 3. The van der Waals surface area contributed by atoms with Crippen LogP contribution < -0.4 is 11.2 Å². The van der Waals surface area contributed by atoms with Gasteiger partial charge in [0.2, 0.25) is 0 Å². The third-order valence-corrected chi connectivity index (χ3v) is 17.3. The lowest BCUT2D eigenvalue weighted by atomic mass is 9.91. The molecule has 0 aliphatic carbocycles. The molecule has 0 unspecified atom stereocenters. The minimum absolute atomic E-state index is 0.0726. The van der Waals surface area contributed by atoms with E-state index in [2.05, 4.69) is 59.6 Å². The largest absolute Gasteiger partial charge is 0.469 e. The van der Waals surface area contributed by atoms with E-state index in [1.165, 1.54) is 20.2 Å². The Labute approximate surface area is 232 Å². The zero-order valence-corrected chi connectivity index (χ0v) is 27.4. The van der Waals surface area contributed by atoms with Crippen LogP contribution in [0.25, 0.3) is 0 Å². The normalized spacial score (nSPS) is 24.5. The van der Waals surface area contributed by atoms with Crippen LogP contribution in [0, 0.1) is 5.92 Å². The Morgan fingerprint density at radius 2 is 1.62 bits per heavy atom. The molecule has 222 valence electrons. The smallest absolute Gasteiger partial charge is 0.330 e. The van der Waals surface area contributed by atoms with E-state index in [1.807, 2.05) is 13.1 Å². The van der Waals surface area contributed by atoms with Crippen molar-refractivity contribution in [1.82, 2.24) is 9.55 Å². The maximum atomic E-state index is 13.6. The van der Waals surface area contributed by atoms with Crippen molar-refractivity contribution in [3.63, 3.8) is 0 Å². The fourth-order valence-corrected chi connectivity index (χ4v) is 6.27. The van der Waals surface area contributed by atoms with Crippen LogP contribution in [-0.4, -0.2) is 70.7 Å². The van der Waals surface area contributed by atoms with Crippen molar-refractivity contribution in [2.24, 2.45) is 5.92 Å². The van der Waals surface area contributed by atoms with Crippen LogP contribution in [0.5, 0.6) is 0 Å². The van der Waals surface area contributed by atoms with Gasteiger partial charge in [0.25, 0.3) is 5.56 Å². The Hall–Kier alpha value is -2.07. The van der Waals surface area contributed by atoms with Crippen molar-refractivity contribution < 1.29 is 32.7 Å². The molecular weight excluding hydrogens is 540 g/mol. The molecule has 0 bridgehead atoms. The van der Waals surface area contributed by atoms with Crippen molar-refractivity contribution in [3.05, 3.63) is 33.1 Å². The van der Waals surface area contributed by atoms with Gasteiger partial charge in [-0.15, -0.1) is 0 Å². The maximum Gasteiger partial charge on any atom is 0.330 e. The number of hydrogen-bond donors (Lipinski definition) is 1. The summed E-state index contributed by atoms with van der Waals surface area (Å²) < 4.78 is 31.6. The first kappa shape index (κ1) is 33.1. The standard InChI is InChI=1S/C26H46N2O9Si2/c1-17(29)34-16-26(28-14-13-19(30)27-23(28)32)20(22(31)33-8)21(37-39(11,12)25(5,6)7)18(36-26)15-35-38(9,10)24(2,3)4/h13-14,18,20-21H,15-16H2,1-12H3,(H,27,30,32)/t18-,20-,21-,26-/m1/s1. The first-order chi connectivity index (χ1) is 17.6. The molecule has 0 radical (unpaired) electrons. The number of carbonyl (C=O) groups is 2. The summed E-state index contributed by atoms with van der Waals surface area (Å²) in [5, 5.41) is -0.331. The van der Waals surface area contributed by atoms with Gasteiger partial charge in [0, 0.05) is 19.2 Å². The first-order valence-electron chi connectivity index (χ1n) is 13.1. The Balaban J connectivity index is 2.80. The lowest BCUT2D eigenvalue weighted by Gasteiger charge is -2.41. The van der Waals surface area contributed by atoms with Gasteiger partial charge in [-0.25, -0.2) is 4.79 Å². The van der Waals surface area contributed by atoms with Crippen LogP contribution >= 0.6 is 0 Å². The van der Waals surface area contributed by atoms with Crippen LogP contribution in [0.3, 0.4) is 0 Å². The average molecular weight is 587 g/mol. The fourth-order valence-electron chi connectivity index (χ4n) is 3.94. The monoisotopic (exact) mass is 586 g/mol. The number of aromatic nitrogens is 2. The van der Waals surface area contributed by atoms with E-state index in [4.69, 9.17) is 23.1 Å². The summed E-state index contributed by atoms with van der Waals surface area (Å²) in [6.07, 6.45) is -0.509. The SMILES string of the molecule is COC(=O)[C@H]1[C@H](O[Si](C)(C)C(C)(C)C)[C@@H](CO[Si](C)(C)C(C)(C)C)O[C@@]1(COC(C)=O)n1ccc(=O)[nH]c1=O. The van der Waals surface area contributed by atoms with Gasteiger partial charge in [0.1, 0.15) is 18.6 Å². The van der Waals surface area contributed by atoms with Crippen molar-refractivity contribution in [2.75, 3.05) is 20.3 Å². The van der Waals surface area contributed by atoms with Crippen molar-refractivity contribution in [1.29, 1.82) is 0 Å². The third-order valence-electron chi connectivity index (χ3n) is 8.36. The van der Waals surface area contributed by atoms with Gasteiger partial charge in [-0.3, -0.25) is 23.9 Å². The quantitative estimate of drug-likeness (QED) is 0.341. The van der Waals surface area contributed by atoms with Crippen molar-refractivity contribution in [2.45, 2.75) is 103 Å². The molecule has 39 heavy (non-hydrogen) atoms. The molecule has 0 saturated carbocycles. The van der Waals surface area contributed by atoms with E-state index in [1.54, 1.807) is 0 Å². The molecule has 1 aromatic rings. The molecular formula is C26H46N2O9Si2. The number of rotatable bonds is 9. The highest BCUT2D eigenvalue weighted by atomic mass is 28.4. The number of methoxy groups -OCH3 is 1. The number of esters is 2. The average Bonchev–Trinajstić information content (AvgIpc) is 3.07. The van der Waals surface area contributed by atoms with Gasteiger partial charge in [0.15, 0.2) is 22.4 Å². The molecule has 0 spiro atoms. The first-order valence-corrected chi connectivity index (χ1v) is 18.9. The molecule has 4 atom stereocenters. The predicted molar refractivity (Wildman–Crippen MR) is 152 cm³/mol. The zero-order chi connectivity index (χ0) is 30.2. The Kier molecular flexibility index (Phi) is 9.72. The van der Waals surface area contributed by atoms with Crippen LogP contribution in [0.15, 0.2) is 21.9 Å². The topological polar surface area (TPSA) is 135 Å². The van der Waals surface area contributed by atoms with Gasteiger partial charge >= 0.3 is 17.6 Å². The summed E-state index contributed by atoms with van der Waals surface area (Å²) in [5.41, 5.74) is -3.33. The second-order valence-electron chi connectivity index (χ2n) is 13.2. The van der Waals surface area contributed by atoms with E-state index in [9.17, 15) is 19.2 Å². The molecule has 13 heteroatoms. The van der Waals surface area contributed by atoms with E-state index >= 15 is 0 Å². The number of aromatic amines is 1. The van der Waals surface area contributed by atoms with E-state index in [-0.39, 0.29) is 16.7 Å². The van der Waals surface area contributed by atoms with Crippen LogP contribution in [0.1, 0.15) is 48.5 Å². The lowest BCUT2D eigenvalue weighted by Crippen LogP contribution is -2.56. The molecule has 1 saturated heterocycles. The molecule has 1 N–H and O–H groups in total. The van der Waals surface area contributed by atoms with Crippen molar-refractivity contribution >= 4 is 28.6 Å². The fraction of sp³-hybridized carbons (Fsp3) is 0.769. The Bertz CT molecular complexity index is 1160. The van der Waals surface area contributed by atoms with Crippen LogP contribution in [-0.2, 0) is 38.4 Å². The summed E-state index contributed by atoms with van der Waals surface area (Å²) in [7, 11) is -3.58. The molecule has 1 aromatic heterocycles. The predicted octanol–water partition coefficient (Wildman–Crippen LogP) is 3.35. The van der Waals surface area contributed by atoms with Gasteiger partial charge in [-0.1, -0.05) is 41.5 Å². The highest BCUT2D eigenvalue weighted by Gasteiger charge is 2.63. The number of nitrogens with one attached hydrogen (secondary N) is 1. The van der Waals surface area contributed by atoms with Gasteiger partial charge in [0.05, 0.1) is 19.8 Å². The number of carbonyl (C=O) groups excluding carboxylic acids is 2. The molecule has 1 aliphatic heterocycles. The lowest BCUT2D eigenvalue weighted by molar-refractivity contribution is -0.189. The van der Waals surface area contributed by atoms with Crippen LogP contribution in [0.4, 0.5) is 0 Å². The number of hydrogen-bond acceptors (Lipinski definition) is 9. The molecule has 0 amide bonds. The van der Waals surface area contributed by atoms with Gasteiger partial charge < -0.3 is 23.1 Å². The maximum absolute atomic E-state index is 13.6. The summed E-state index contributed by atoms with van der Waals surface area (Å²) >= 11 is 0. The summed E-state index contributed by atoms with van der Waals surface area (Å²) in [6.45, 7) is 21.6. The van der Waals surface area contributed by atoms with Crippen molar-refractivity contribution in [3.8, 4) is 0 Å². The summed E-state index contributed by atoms with van der Waals surface area (Å²) in [6, 6.07) is 1.14. The molecule has 2 rings (SSSR count). The van der Waals surface area contributed by atoms with E-state index < -0.39 is 70.3 Å². The van der Waals surface area contributed by atoms with Gasteiger partial charge in [-0.05, 0) is 36.3 Å². The third kappa shape index (κ3) is 6.99. The highest BCUT2D eigenvalue weighted by Crippen LogP contribution is 2.47. The molecule has 1 fully saturated rings. The second kappa shape index (κ2) is 11.4. The summed E-state index contributed by atoms with van der Waals surface area (Å²) in [5.74, 6) is -2.58. The van der Waals surface area contributed by atoms with Crippen LogP contribution in [0.2, 0.25) is 36.3 Å². The van der Waals surface area contributed by atoms with E-state index in [0.29, 0.717) is 0 Å². The molecule has 2 heterocycles. The summed E-state index contributed by atoms with van der Waals surface area (Å²) in [4.78, 5) is 52.8. The number of nitrogens with zero attached hydrogens (tertiary/aromatic N) is 1. The highest BCUT2D eigenvalue weighted by molar-refractivity contribution is 6.74. The minimum Gasteiger partial charge on any atom is -0.469 e. The molecule has 1 aliphatic rings. The van der Waals surface area contributed by atoms with E-state index in [0.717, 1.165) is 10.6 Å². The number of H-pyrrole nitrogens is 1. The Morgan fingerprint density at radius 3 is 2.08 bits per heavy atom. The molecule has 11 nitrogen and oxygen atoms in total. The molecule has 0 aromatic carbocycles. The minimum atomic E-state index is -2.54. The second-order valence-corrected chi connectivity index (χ2v) is 22.7. The van der Waals surface area contributed by atoms with Gasteiger partial charge in [-0.2, -0.15) is 0 Å². The zero-order valence-electron chi connectivity index (χ0n) is 25.4. The Morgan fingerprint density at radius 1 is 1.05 bits per heavy atom.